The highest BCUT2D eigenvalue weighted by atomic mass is 16.5. The molecule has 1 heterocycles. The van der Waals surface area contributed by atoms with E-state index in [0.717, 1.165) is 38.4 Å². The normalized spacial score (nSPS) is 14.9. The summed E-state index contributed by atoms with van der Waals surface area (Å²) in [5.41, 5.74) is 3.69. The van der Waals surface area contributed by atoms with Crippen LogP contribution in [0.4, 0.5) is 5.69 Å². The summed E-state index contributed by atoms with van der Waals surface area (Å²) in [4.78, 5) is 27.3. The van der Waals surface area contributed by atoms with Crippen LogP contribution in [0.25, 0.3) is 0 Å². The molecule has 2 amide bonds. The number of para-hydroxylation sites is 1. The molecular weight excluding hydrogens is 414 g/mol. The Morgan fingerprint density at radius 2 is 1.55 bits per heavy atom. The molecule has 170 valence electrons. The Hall–Kier alpha value is -3.48. The molecule has 3 aromatic rings. The number of morpholine rings is 1. The predicted molar refractivity (Wildman–Crippen MR) is 128 cm³/mol. The van der Waals surface area contributed by atoms with E-state index in [1.54, 1.807) is 24.3 Å². The van der Waals surface area contributed by atoms with Crippen molar-refractivity contribution >= 4 is 17.5 Å². The summed E-state index contributed by atoms with van der Waals surface area (Å²) < 4.78 is 5.41. The zero-order valence-electron chi connectivity index (χ0n) is 18.8. The van der Waals surface area contributed by atoms with Crippen LogP contribution < -0.4 is 15.5 Å². The second-order valence-corrected chi connectivity index (χ2v) is 8.34. The average Bonchev–Trinajstić information content (AvgIpc) is 2.86. The molecule has 6 heteroatoms. The minimum atomic E-state index is -0.239. The van der Waals surface area contributed by atoms with E-state index < -0.39 is 0 Å². The van der Waals surface area contributed by atoms with Gasteiger partial charge in [-0.05, 0) is 36.8 Å². The Morgan fingerprint density at radius 3 is 2.27 bits per heavy atom. The molecule has 0 aliphatic carbocycles. The monoisotopic (exact) mass is 444 g/mol. The lowest BCUT2D eigenvalue weighted by Gasteiger charge is -2.23. The van der Waals surface area contributed by atoms with Crippen molar-refractivity contribution in [2.45, 2.75) is 19.5 Å². The van der Waals surface area contributed by atoms with Crippen LogP contribution in [0.15, 0.2) is 78.9 Å². The third-order valence-corrected chi connectivity index (χ3v) is 5.94. The highest BCUT2D eigenvalue weighted by Crippen LogP contribution is 2.19. The molecule has 1 aliphatic heterocycles. The van der Waals surface area contributed by atoms with Gasteiger partial charge in [0, 0.05) is 11.1 Å². The van der Waals surface area contributed by atoms with Gasteiger partial charge in [-0.15, -0.1) is 0 Å². The van der Waals surface area contributed by atoms with Crippen LogP contribution in [0.2, 0.25) is 0 Å². The summed E-state index contributed by atoms with van der Waals surface area (Å²) in [6.45, 7) is 6.47. The summed E-state index contributed by atoms with van der Waals surface area (Å²) in [5.74, 6) is -0.470. The van der Waals surface area contributed by atoms with Gasteiger partial charge in [0.15, 0.2) is 0 Å². The van der Waals surface area contributed by atoms with Crippen molar-refractivity contribution in [3.05, 3.63) is 101 Å². The van der Waals surface area contributed by atoms with Gasteiger partial charge in [0.1, 0.15) is 19.6 Å². The Kier molecular flexibility index (Phi) is 7.50. The van der Waals surface area contributed by atoms with Gasteiger partial charge in [-0.25, -0.2) is 0 Å². The smallest absolute Gasteiger partial charge is 0.255 e. The van der Waals surface area contributed by atoms with Crippen LogP contribution in [0.3, 0.4) is 0 Å². The van der Waals surface area contributed by atoms with E-state index in [0.29, 0.717) is 16.8 Å². The number of nitrogens with one attached hydrogen (secondary N) is 3. The number of hydrogen-bond donors (Lipinski definition) is 3. The Bertz CT molecular complexity index is 1080. The minimum Gasteiger partial charge on any atom is -0.370 e. The van der Waals surface area contributed by atoms with Crippen LogP contribution in [0.5, 0.6) is 0 Å². The largest absolute Gasteiger partial charge is 0.370 e. The van der Waals surface area contributed by atoms with E-state index in [2.05, 4.69) is 10.6 Å². The number of carbonyl (C=O) groups is 2. The maximum Gasteiger partial charge on any atom is 0.255 e. The van der Waals surface area contributed by atoms with Crippen molar-refractivity contribution in [2.75, 3.05) is 31.6 Å². The van der Waals surface area contributed by atoms with E-state index >= 15 is 0 Å². The number of rotatable bonds is 7. The third-order valence-electron chi connectivity index (χ3n) is 5.94. The molecule has 0 radical (unpaired) electrons. The second kappa shape index (κ2) is 10.9. The quantitative estimate of drug-likeness (QED) is 0.525. The van der Waals surface area contributed by atoms with Crippen molar-refractivity contribution < 1.29 is 19.2 Å². The molecule has 1 fully saturated rings. The van der Waals surface area contributed by atoms with Gasteiger partial charge >= 0.3 is 0 Å². The Morgan fingerprint density at radius 1 is 0.879 bits per heavy atom. The topological polar surface area (TPSA) is 71.9 Å². The molecule has 3 aromatic carbocycles. The SMILES string of the molecule is C[C@@H](NC(=O)c1ccccc1NC(=O)c1ccc(C[NH+]2CCOCC2)cc1)c1ccccc1. The molecule has 3 N–H and O–H groups in total. The fourth-order valence-electron chi connectivity index (χ4n) is 3.98. The average molecular weight is 445 g/mol. The number of anilines is 1. The fraction of sp³-hybridized carbons (Fsp3) is 0.259. The summed E-state index contributed by atoms with van der Waals surface area (Å²) in [6.07, 6.45) is 0. The molecule has 0 saturated carbocycles. The summed E-state index contributed by atoms with van der Waals surface area (Å²) in [6, 6.07) is 24.4. The fourth-order valence-corrected chi connectivity index (χ4v) is 3.98. The van der Waals surface area contributed by atoms with Gasteiger partial charge in [-0.2, -0.15) is 0 Å². The van der Waals surface area contributed by atoms with E-state index in [4.69, 9.17) is 4.74 Å². The molecule has 1 saturated heterocycles. The Balaban J connectivity index is 1.40. The van der Waals surface area contributed by atoms with Crippen LogP contribution in [0.1, 0.15) is 44.8 Å². The summed E-state index contributed by atoms with van der Waals surface area (Å²) in [7, 11) is 0. The lowest BCUT2D eigenvalue weighted by Crippen LogP contribution is -3.12. The van der Waals surface area contributed by atoms with E-state index in [1.807, 2.05) is 61.5 Å². The molecule has 6 nitrogen and oxygen atoms in total. The molecule has 0 aromatic heterocycles. The number of ether oxygens (including phenoxy) is 1. The molecular formula is C27H30N3O3+. The van der Waals surface area contributed by atoms with Crippen LogP contribution in [-0.4, -0.2) is 38.1 Å². The van der Waals surface area contributed by atoms with Crippen molar-refractivity contribution in [2.24, 2.45) is 0 Å². The lowest BCUT2D eigenvalue weighted by atomic mass is 10.1. The van der Waals surface area contributed by atoms with E-state index in [-0.39, 0.29) is 17.9 Å². The lowest BCUT2D eigenvalue weighted by molar-refractivity contribution is -0.921. The van der Waals surface area contributed by atoms with Gasteiger partial charge in [0.25, 0.3) is 11.8 Å². The maximum absolute atomic E-state index is 12.9. The predicted octanol–water partition coefficient (Wildman–Crippen LogP) is 2.85. The van der Waals surface area contributed by atoms with Crippen molar-refractivity contribution in [1.29, 1.82) is 0 Å². The zero-order valence-corrected chi connectivity index (χ0v) is 18.8. The number of amides is 2. The number of carbonyl (C=O) groups excluding carboxylic acids is 2. The molecule has 4 rings (SSSR count). The Labute approximate surface area is 194 Å². The first-order valence-corrected chi connectivity index (χ1v) is 11.4. The standard InChI is InChI=1S/C27H29N3O3/c1-20(22-7-3-2-4-8-22)28-27(32)24-9-5-6-10-25(24)29-26(31)23-13-11-21(12-14-23)19-30-15-17-33-18-16-30/h2-14,20H,15-19H2,1H3,(H,28,32)(H,29,31)/p+1/t20-/m1/s1. The van der Waals surface area contributed by atoms with E-state index in [1.165, 1.54) is 10.5 Å². The molecule has 1 atom stereocenters. The van der Waals surface area contributed by atoms with Crippen LogP contribution in [0, 0.1) is 0 Å². The molecule has 0 unspecified atom stereocenters. The van der Waals surface area contributed by atoms with Crippen LogP contribution in [-0.2, 0) is 11.3 Å². The molecule has 0 bridgehead atoms. The molecule has 33 heavy (non-hydrogen) atoms. The highest BCUT2D eigenvalue weighted by Gasteiger charge is 2.17. The van der Waals surface area contributed by atoms with Crippen molar-refractivity contribution in [3.8, 4) is 0 Å². The first-order chi connectivity index (χ1) is 16.1. The zero-order chi connectivity index (χ0) is 23.0. The maximum atomic E-state index is 12.9. The summed E-state index contributed by atoms with van der Waals surface area (Å²) >= 11 is 0. The number of hydrogen-bond acceptors (Lipinski definition) is 3. The van der Waals surface area contributed by atoms with Gasteiger partial charge in [-0.3, -0.25) is 9.59 Å². The van der Waals surface area contributed by atoms with Gasteiger partial charge < -0.3 is 20.3 Å². The van der Waals surface area contributed by atoms with Crippen LogP contribution >= 0.6 is 0 Å². The first kappa shape index (κ1) is 22.7. The van der Waals surface area contributed by atoms with Crippen molar-refractivity contribution in [3.63, 3.8) is 0 Å². The van der Waals surface area contributed by atoms with Gasteiger partial charge in [0.05, 0.1) is 30.5 Å². The van der Waals surface area contributed by atoms with Gasteiger partial charge in [0.2, 0.25) is 0 Å². The molecule has 0 spiro atoms. The minimum absolute atomic E-state index is 0.149. The third kappa shape index (κ3) is 6.06. The van der Waals surface area contributed by atoms with Gasteiger partial charge in [-0.1, -0.05) is 54.6 Å². The first-order valence-electron chi connectivity index (χ1n) is 11.4. The molecule has 1 aliphatic rings. The summed E-state index contributed by atoms with van der Waals surface area (Å²) in [5, 5.41) is 5.91. The van der Waals surface area contributed by atoms with Crippen molar-refractivity contribution in [1.82, 2.24) is 5.32 Å². The highest BCUT2D eigenvalue weighted by molar-refractivity contribution is 6.09. The van der Waals surface area contributed by atoms with E-state index in [9.17, 15) is 9.59 Å². The second-order valence-electron chi connectivity index (χ2n) is 8.34. The number of benzene rings is 3. The number of quaternary nitrogens is 1.